The molecule has 0 aliphatic heterocycles. The van der Waals surface area contributed by atoms with Crippen LogP contribution in [0.15, 0.2) is 65.7 Å². The second-order valence-electron chi connectivity index (χ2n) is 6.25. The molecule has 3 rings (SSSR count). The molecule has 2 N–H and O–H groups in total. The van der Waals surface area contributed by atoms with Crippen molar-refractivity contribution in [3.63, 3.8) is 0 Å². The van der Waals surface area contributed by atoms with Crippen LogP contribution < -0.4 is 20.1 Å². The van der Waals surface area contributed by atoms with Gasteiger partial charge in [0.15, 0.2) is 0 Å². The van der Waals surface area contributed by atoms with E-state index in [0.29, 0.717) is 24.0 Å². The third-order valence-corrected chi connectivity index (χ3v) is 4.99. The van der Waals surface area contributed by atoms with Gasteiger partial charge in [-0.1, -0.05) is 23.9 Å². The third-order valence-electron chi connectivity index (χ3n) is 4.07. The first-order chi connectivity index (χ1) is 14.7. The number of hydrogen-bond donors (Lipinski definition) is 2. The number of benzene rings is 2. The number of amides is 1. The van der Waals surface area contributed by atoms with Gasteiger partial charge in [0, 0.05) is 12.2 Å². The van der Waals surface area contributed by atoms with Crippen molar-refractivity contribution >= 4 is 29.2 Å². The van der Waals surface area contributed by atoms with Crippen LogP contribution in [0.3, 0.4) is 0 Å². The SMILES string of the molecule is CCOc1ccc(NC(=O)CSc2ccc(NCc3ccc(OC)cc3)nn2)cc1. The molecule has 1 heterocycles. The van der Waals surface area contributed by atoms with Crippen LogP contribution in [-0.4, -0.2) is 35.6 Å². The van der Waals surface area contributed by atoms with Crippen LogP contribution in [0.4, 0.5) is 11.5 Å². The second-order valence-corrected chi connectivity index (χ2v) is 7.25. The van der Waals surface area contributed by atoms with Gasteiger partial charge in [-0.3, -0.25) is 4.79 Å². The van der Waals surface area contributed by atoms with Crippen molar-refractivity contribution in [2.75, 3.05) is 30.1 Å². The minimum atomic E-state index is -0.104. The Morgan fingerprint density at radius 2 is 1.70 bits per heavy atom. The average Bonchev–Trinajstić information content (AvgIpc) is 2.79. The number of anilines is 2. The lowest BCUT2D eigenvalue weighted by Crippen LogP contribution is -2.14. The fraction of sp³-hybridized carbons (Fsp3) is 0.227. The van der Waals surface area contributed by atoms with E-state index in [1.54, 1.807) is 7.11 Å². The molecule has 1 aromatic heterocycles. The average molecular weight is 425 g/mol. The molecule has 0 fully saturated rings. The standard InChI is InChI=1S/C22H24N4O3S/c1-3-29-19-10-6-17(7-11-19)24-21(27)15-30-22-13-12-20(25-26-22)23-14-16-4-8-18(28-2)9-5-16/h4-13H,3,14-15H2,1-2H3,(H,23,25)(H,24,27). The Balaban J connectivity index is 1.42. The summed E-state index contributed by atoms with van der Waals surface area (Å²) in [4.78, 5) is 12.1. The third kappa shape index (κ3) is 6.66. The monoisotopic (exact) mass is 424 g/mol. The Hall–Kier alpha value is -3.26. The first-order valence-electron chi connectivity index (χ1n) is 9.52. The number of carbonyl (C=O) groups excluding carboxylic acids is 1. The molecule has 0 unspecified atom stereocenters. The summed E-state index contributed by atoms with van der Waals surface area (Å²) in [6, 6.07) is 18.8. The van der Waals surface area contributed by atoms with Crippen LogP contribution in [0.2, 0.25) is 0 Å². The number of thioether (sulfide) groups is 1. The molecule has 2 aromatic carbocycles. The van der Waals surface area contributed by atoms with Gasteiger partial charge in [0.05, 0.1) is 19.5 Å². The van der Waals surface area contributed by atoms with Crippen molar-refractivity contribution in [2.45, 2.75) is 18.5 Å². The van der Waals surface area contributed by atoms with E-state index in [9.17, 15) is 4.79 Å². The summed E-state index contributed by atoms with van der Waals surface area (Å²) in [5, 5.41) is 15.1. The van der Waals surface area contributed by atoms with Crippen LogP contribution in [0.1, 0.15) is 12.5 Å². The summed E-state index contributed by atoms with van der Waals surface area (Å²) in [6.45, 7) is 3.17. The zero-order chi connectivity index (χ0) is 21.2. The van der Waals surface area contributed by atoms with Crippen molar-refractivity contribution < 1.29 is 14.3 Å². The Morgan fingerprint density at radius 3 is 2.33 bits per heavy atom. The van der Waals surface area contributed by atoms with Crippen molar-refractivity contribution in [3.05, 3.63) is 66.2 Å². The minimum absolute atomic E-state index is 0.104. The highest BCUT2D eigenvalue weighted by atomic mass is 32.2. The van der Waals surface area contributed by atoms with Crippen molar-refractivity contribution in [2.24, 2.45) is 0 Å². The van der Waals surface area contributed by atoms with E-state index in [2.05, 4.69) is 20.8 Å². The van der Waals surface area contributed by atoms with Gasteiger partial charge in [-0.05, 0) is 61.0 Å². The smallest absolute Gasteiger partial charge is 0.234 e. The fourth-order valence-corrected chi connectivity index (χ4v) is 3.18. The summed E-state index contributed by atoms with van der Waals surface area (Å²) < 4.78 is 10.5. The van der Waals surface area contributed by atoms with Crippen molar-refractivity contribution in [1.29, 1.82) is 0 Å². The lowest BCUT2D eigenvalue weighted by atomic mass is 10.2. The van der Waals surface area contributed by atoms with Gasteiger partial charge >= 0.3 is 0 Å². The van der Waals surface area contributed by atoms with Crippen molar-refractivity contribution in [3.8, 4) is 11.5 Å². The van der Waals surface area contributed by atoms with E-state index in [4.69, 9.17) is 9.47 Å². The summed E-state index contributed by atoms with van der Waals surface area (Å²) in [5.74, 6) is 2.43. The number of rotatable bonds is 10. The molecule has 0 aliphatic carbocycles. The normalized spacial score (nSPS) is 10.3. The van der Waals surface area contributed by atoms with Crippen LogP contribution in [-0.2, 0) is 11.3 Å². The number of methoxy groups -OCH3 is 1. The predicted octanol–water partition coefficient (Wildman–Crippen LogP) is 4.23. The predicted molar refractivity (Wildman–Crippen MR) is 119 cm³/mol. The number of carbonyl (C=O) groups is 1. The van der Waals surface area contributed by atoms with Crippen molar-refractivity contribution in [1.82, 2.24) is 10.2 Å². The van der Waals surface area contributed by atoms with Gasteiger partial charge in [0.2, 0.25) is 5.91 Å². The molecule has 30 heavy (non-hydrogen) atoms. The summed E-state index contributed by atoms with van der Waals surface area (Å²) in [5.41, 5.74) is 1.84. The summed E-state index contributed by atoms with van der Waals surface area (Å²) in [6.07, 6.45) is 0. The van der Waals surface area contributed by atoms with Gasteiger partial charge < -0.3 is 20.1 Å². The number of ether oxygens (including phenoxy) is 2. The first-order valence-corrected chi connectivity index (χ1v) is 10.5. The molecule has 0 radical (unpaired) electrons. The van der Waals surface area contributed by atoms with E-state index in [0.717, 1.165) is 22.7 Å². The quantitative estimate of drug-likeness (QED) is 0.471. The maximum atomic E-state index is 12.1. The second kappa shape index (κ2) is 11.1. The number of aromatic nitrogens is 2. The zero-order valence-corrected chi connectivity index (χ0v) is 17.7. The maximum Gasteiger partial charge on any atom is 0.234 e. The molecule has 0 saturated carbocycles. The molecule has 8 heteroatoms. The van der Waals surface area contributed by atoms with Gasteiger partial charge in [-0.15, -0.1) is 10.2 Å². The molecular weight excluding hydrogens is 400 g/mol. The van der Waals surface area contributed by atoms with Gasteiger partial charge in [0.25, 0.3) is 0 Å². The molecule has 0 aliphatic rings. The van der Waals surface area contributed by atoms with Crippen LogP contribution in [0.25, 0.3) is 0 Å². The maximum absolute atomic E-state index is 12.1. The summed E-state index contributed by atoms with van der Waals surface area (Å²) >= 11 is 1.33. The van der Waals surface area contributed by atoms with E-state index in [1.165, 1.54) is 11.8 Å². The molecule has 0 bridgehead atoms. The van der Waals surface area contributed by atoms with Crippen LogP contribution in [0, 0.1) is 0 Å². The van der Waals surface area contributed by atoms with Crippen LogP contribution >= 0.6 is 11.8 Å². The lowest BCUT2D eigenvalue weighted by Gasteiger charge is -2.08. The number of nitrogens with zero attached hydrogens (tertiary/aromatic N) is 2. The van der Waals surface area contributed by atoms with E-state index in [1.807, 2.05) is 67.6 Å². The Labute approximate surface area is 180 Å². The lowest BCUT2D eigenvalue weighted by molar-refractivity contribution is -0.113. The number of hydrogen-bond acceptors (Lipinski definition) is 7. The molecule has 0 saturated heterocycles. The van der Waals surface area contributed by atoms with Gasteiger partial charge in [-0.25, -0.2) is 0 Å². The fourth-order valence-electron chi connectivity index (χ4n) is 2.57. The van der Waals surface area contributed by atoms with Gasteiger partial charge in [-0.2, -0.15) is 0 Å². The molecule has 156 valence electrons. The molecule has 1 amide bonds. The molecule has 7 nitrogen and oxygen atoms in total. The highest BCUT2D eigenvalue weighted by Gasteiger charge is 2.06. The Bertz CT molecular complexity index is 932. The molecule has 0 spiro atoms. The molecule has 0 atom stereocenters. The first kappa shape index (κ1) is 21.4. The highest BCUT2D eigenvalue weighted by molar-refractivity contribution is 7.99. The Morgan fingerprint density at radius 1 is 0.967 bits per heavy atom. The van der Waals surface area contributed by atoms with Gasteiger partial charge in [0.1, 0.15) is 22.3 Å². The zero-order valence-electron chi connectivity index (χ0n) is 16.9. The van der Waals surface area contributed by atoms with E-state index in [-0.39, 0.29) is 11.7 Å². The number of nitrogens with one attached hydrogen (secondary N) is 2. The van der Waals surface area contributed by atoms with Crippen LogP contribution in [0.5, 0.6) is 11.5 Å². The molecular formula is C22H24N4O3S. The highest BCUT2D eigenvalue weighted by Crippen LogP contribution is 2.19. The Kier molecular flexibility index (Phi) is 7.91. The summed E-state index contributed by atoms with van der Waals surface area (Å²) in [7, 11) is 1.65. The van der Waals surface area contributed by atoms with E-state index < -0.39 is 0 Å². The topological polar surface area (TPSA) is 85.4 Å². The molecule has 3 aromatic rings. The minimum Gasteiger partial charge on any atom is -0.497 e. The van der Waals surface area contributed by atoms with E-state index >= 15 is 0 Å². The largest absolute Gasteiger partial charge is 0.497 e.